The maximum Gasteiger partial charge on any atom is 0.0294 e. The van der Waals surface area contributed by atoms with Crippen LogP contribution in [0, 0.1) is 11.8 Å². The summed E-state index contributed by atoms with van der Waals surface area (Å²) in [6, 6.07) is 10.1. The average Bonchev–Trinajstić information content (AvgIpc) is 2.37. The van der Waals surface area contributed by atoms with E-state index in [4.69, 9.17) is 0 Å². The second-order valence-electron chi connectivity index (χ2n) is 6.40. The van der Waals surface area contributed by atoms with E-state index in [1.165, 1.54) is 24.0 Å². The van der Waals surface area contributed by atoms with E-state index < -0.39 is 0 Å². The molecule has 0 fully saturated rings. The fourth-order valence-electron chi connectivity index (χ4n) is 2.42. The van der Waals surface area contributed by atoms with Crippen molar-refractivity contribution in [2.24, 2.45) is 11.8 Å². The van der Waals surface area contributed by atoms with Crippen molar-refractivity contribution in [2.45, 2.75) is 66.5 Å². The Morgan fingerprint density at radius 2 is 1.53 bits per heavy atom. The van der Waals surface area contributed by atoms with Crippen LogP contribution in [0.1, 0.15) is 65.1 Å². The highest BCUT2D eigenvalue weighted by molar-refractivity contribution is 5.25. The van der Waals surface area contributed by atoms with E-state index in [-0.39, 0.29) is 0 Å². The molecule has 0 aromatic heterocycles. The number of nitrogens with one attached hydrogen (secondary N) is 1. The molecule has 1 aromatic carbocycles. The largest absolute Gasteiger partial charge is 0.307 e. The molecule has 0 amide bonds. The summed E-state index contributed by atoms with van der Waals surface area (Å²) < 4.78 is 0. The van der Waals surface area contributed by atoms with Gasteiger partial charge in [0, 0.05) is 12.1 Å². The van der Waals surface area contributed by atoms with Crippen molar-refractivity contribution < 1.29 is 0 Å². The third-order valence-corrected chi connectivity index (χ3v) is 4.13. The molecule has 1 nitrogen and oxygen atoms in total. The highest BCUT2D eigenvalue weighted by Crippen LogP contribution is 2.18. The molecule has 0 radical (unpaired) electrons. The number of benzene rings is 1. The monoisotopic (exact) mass is 261 g/mol. The molecule has 3 unspecified atom stereocenters. The van der Waals surface area contributed by atoms with Gasteiger partial charge in [0.25, 0.3) is 0 Å². The summed E-state index contributed by atoms with van der Waals surface area (Å²) in [4.78, 5) is 0. The number of rotatable bonds is 7. The summed E-state index contributed by atoms with van der Waals surface area (Å²) in [5, 5.41) is 3.71. The van der Waals surface area contributed by atoms with Crippen LogP contribution in [0.3, 0.4) is 0 Å². The van der Waals surface area contributed by atoms with Crippen LogP contribution in [0.4, 0.5) is 0 Å². The lowest BCUT2D eigenvalue weighted by Gasteiger charge is -2.25. The number of hydrogen-bond donors (Lipinski definition) is 1. The molecular formula is C18H31N. The zero-order valence-electron chi connectivity index (χ0n) is 13.5. The Kier molecular flexibility index (Phi) is 6.57. The van der Waals surface area contributed by atoms with E-state index in [0.717, 1.165) is 11.8 Å². The Hall–Kier alpha value is -0.820. The van der Waals surface area contributed by atoms with Crippen molar-refractivity contribution >= 4 is 0 Å². The van der Waals surface area contributed by atoms with Crippen molar-refractivity contribution in [3.63, 3.8) is 0 Å². The van der Waals surface area contributed by atoms with Crippen molar-refractivity contribution in [3.8, 4) is 0 Å². The summed E-state index contributed by atoms with van der Waals surface area (Å²) in [5.41, 5.74) is 2.84. The molecule has 0 aliphatic heterocycles. The zero-order chi connectivity index (χ0) is 14.4. The van der Waals surface area contributed by atoms with Crippen LogP contribution in [-0.4, -0.2) is 6.04 Å². The normalized spacial score (nSPS) is 16.4. The van der Waals surface area contributed by atoms with Gasteiger partial charge in [-0.3, -0.25) is 0 Å². The maximum atomic E-state index is 3.71. The first-order chi connectivity index (χ1) is 8.93. The van der Waals surface area contributed by atoms with Gasteiger partial charge in [0.15, 0.2) is 0 Å². The Morgan fingerprint density at radius 3 is 2.00 bits per heavy atom. The van der Waals surface area contributed by atoms with Gasteiger partial charge in [-0.1, -0.05) is 58.4 Å². The fraction of sp³-hybridized carbons (Fsp3) is 0.667. The van der Waals surface area contributed by atoms with E-state index in [1.54, 1.807) is 0 Å². The minimum absolute atomic E-state index is 0.428. The van der Waals surface area contributed by atoms with Crippen molar-refractivity contribution in [3.05, 3.63) is 35.4 Å². The van der Waals surface area contributed by atoms with Gasteiger partial charge >= 0.3 is 0 Å². The van der Waals surface area contributed by atoms with Crippen molar-refractivity contribution in [1.82, 2.24) is 5.32 Å². The van der Waals surface area contributed by atoms with E-state index in [2.05, 4.69) is 71.1 Å². The smallest absolute Gasteiger partial charge is 0.0294 e. The second-order valence-corrected chi connectivity index (χ2v) is 6.40. The van der Waals surface area contributed by atoms with Crippen LogP contribution in [0.25, 0.3) is 0 Å². The molecule has 1 aromatic rings. The third-order valence-electron chi connectivity index (χ3n) is 4.13. The Bertz CT molecular complexity index is 352. The molecule has 0 bridgehead atoms. The molecule has 0 spiro atoms. The predicted molar refractivity (Wildman–Crippen MR) is 85.5 cm³/mol. The first-order valence-electron chi connectivity index (χ1n) is 7.78. The molecule has 0 heterocycles. The molecule has 0 aliphatic rings. The quantitative estimate of drug-likeness (QED) is 0.730. The topological polar surface area (TPSA) is 12.0 Å². The lowest BCUT2D eigenvalue weighted by atomic mass is 9.97. The van der Waals surface area contributed by atoms with E-state index >= 15 is 0 Å². The van der Waals surface area contributed by atoms with Crippen molar-refractivity contribution in [2.75, 3.05) is 0 Å². The van der Waals surface area contributed by atoms with Crippen LogP contribution in [0.15, 0.2) is 24.3 Å². The Morgan fingerprint density at radius 1 is 0.947 bits per heavy atom. The van der Waals surface area contributed by atoms with Crippen LogP contribution in [0.2, 0.25) is 0 Å². The van der Waals surface area contributed by atoms with Gasteiger partial charge in [-0.25, -0.2) is 0 Å². The van der Waals surface area contributed by atoms with Crippen molar-refractivity contribution in [1.29, 1.82) is 0 Å². The van der Waals surface area contributed by atoms with E-state index in [0.29, 0.717) is 12.1 Å². The summed E-state index contributed by atoms with van der Waals surface area (Å²) >= 11 is 0. The molecule has 108 valence electrons. The van der Waals surface area contributed by atoms with Gasteiger partial charge in [-0.05, 0) is 43.2 Å². The van der Waals surface area contributed by atoms with Crippen LogP contribution < -0.4 is 5.32 Å². The van der Waals surface area contributed by atoms with Gasteiger partial charge in [-0.2, -0.15) is 0 Å². The minimum atomic E-state index is 0.428. The van der Waals surface area contributed by atoms with Gasteiger partial charge < -0.3 is 5.32 Å². The minimum Gasteiger partial charge on any atom is -0.307 e. The average molecular weight is 261 g/mol. The molecule has 1 N–H and O–H groups in total. The molecule has 0 saturated heterocycles. The van der Waals surface area contributed by atoms with Crippen LogP contribution in [-0.2, 0) is 6.42 Å². The molecule has 19 heavy (non-hydrogen) atoms. The fourth-order valence-corrected chi connectivity index (χ4v) is 2.42. The highest BCUT2D eigenvalue weighted by Gasteiger charge is 2.13. The third kappa shape index (κ3) is 5.36. The van der Waals surface area contributed by atoms with Gasteiger partial charge in [0.1, 0.15) is 0 Å². The first-order valence-corrected chi connectivity index (χ1v) is 7.78. The van der Waals surface area contributed by atoms with Gasteiger partial charge in [0.2, 0.25) is 0 Å². The SMILES string of the molecule is CCC(C)C(C)NC(C)c1ccc(CC(C)C)cc1. The summed E-state index contributed by atoms with van der Waals surface area (Å²) in [5.74, 6) is 1.45. The lowest BCUT2D eigenvalue weighted by Crippen LogP contribution is -2.33. The molecule has 1 heteroatoms. The maximum absolute atomic E-state index is 3.71. The van der Waals surface area contributed by atoms with E-state index in [1.807, 2.05) is 0 Å². The van der Waals surface area contributed by atoms with Gasteiger partial charge in [0.05, 0.1) is 0 Å². The Balaban J connectivity index is 2.60. The molecule has 0 saturated carbocycles. The highest BCUT2D eigenvalue weighted by atomic mass is 14.9. The summed E-state index contributed by atoms with van der Waals surface area (Å²) in [6.07, 6.45) is 2.40. The molecule has 3 atom stereocenters. The lowest BCUT2D eigenvalue weighted by molar-refractivity contribution is 0.360. The van der Waals surface area contributed by atoms with E-state index in [9.17, 15) is 0 Å². The van der Waals surface area contributed by atoms with Crippen LogP contribution >= 0.6 is 0 Å². The summed E-state index contributed by atoms with van der Waals surface area (Å²) in [7, 11) is 0. The summed E-state index contributed by atoms with van der Waals surface area (Å²) in [6.45, 7) is 13.7. The predicted octanol–water partition coefficient (Wildman–Crippen LogP) is 4.97. The van der Waals surface area contributed by atoms with Crippen LogP contribution in [0.5, 0.6) is 0 Å². The standard InChI is InChI=1S/C18H31N/c1-7-14(4)15(5)19-16(6)18-10-8-17(9-11-18)12-13(2)3/h8-11,13-16,19H,7,12H2,1-6H3. The Labute approximate surface area is 119 Å². The zero-order valence-corrected chi connectivity index (χ0v) is 13.5. The first kappa shape index (κ1) is 16.2. The van der Waals surface area contributed by atoms with Gasteiger partial charge in [-0.15, -0.1) is 0 Å². The number of hydrogen-bond acceptors (Lipinski definition) is 1. The second kappa shape index (κ2) is 7.69. The molecule has 1 rings (SSSR count). The molecule has 0 aliphatic carbocycles. The molecular weight excluding hydrogens is 230 g/mol.